The van der Waals surface area contributed by atoms with Gasteiger partial charge in [-0.1, -0.05) is 31.2 Å². The molecule has 0 aliphatic carbocycles. The van der Waals surface area contributed by atoms with Crippen LogP contribution < -0.4 is 15.2 Å². The molecule has 4 aromatic rings. The minimum atomic E-state index is -0.458. The molecule has 1 saturated heterocycles. The van der Waals surface area contributed by atoms with Crippen molar-refractivity contribution in [1.82, 2.24) is 19.2 Å². The summed E-state index contributed by atoms with van der Waals surface area (Å²) in [5.41, 5.74) is 2.33. The monoisotopic (exact) mass is 459 g/mol. The van der Waals surface area contributed by atoms with Crippen molar-refractivity contribution in [1.29, 1.82) is 0 Å². The average molecular weight is 460 g/mol. The van der Waals surface area contributed by atoms with E-state index >= 15 is 0 Å². The van der Waals surface area contributed by atoms with Gasteiger partial charge in [0.05, 0.1) is 18.8 Å². The molecule has 0 radical (unpaired) electrons. The summed E-state index contributed by atoms with van der Waals surface area (Å²) in [6, 6.07) is 15.4. The van der Waals surface area contributed by atoms with Crippen molar-refractivity contribution in [2.45, 2.75) is 19.4 Å². The second kappa shape index (κ2) is 8.85. The number of fused-ring (bicyclic) bond motifs is 3. The first kappa shape index (κ1) is 22.0. The van der Waals surface area contributed by atoms with E-state index < -0.39 is 6.04 Å². The Kier molecular flexibility index (Phi) is 5.73. The highest BCUT2D eigenvalue weighted by molar-refractivity contribution is 6.08. The van der Waals surface area contributed by atoms with E-state index in [0.717, 1.165) is 40.8 Å². The standard InChI is InChI=1S/C26H29N5O3/c1-4-22(25(32)30-14-12-29(13-15-30)18-8-7-9-19(16-18)34-3)31-23-11-6-5-10-20(23)21-17-27-28(2)26(33)24(21)31/h5-11,16-17,22H,4,12-15H2,1-3H3/t22-/m0/s1. The zero-order chi connectivity index (χ0) is 23.8. The van der Waals surface area contributed by atoms with Crippen molar-refractivity contribution in [2.24, 2.45) is 7.05 Å². The smallest absolute Gasteiger partial charge is 0.291 e. The van der Waals surface area contributed by atoms with Gasteiger partial charge < -0.3 is 19.1 Å². The Morgan fingerprint density at radius 2 is 1.82 bits per heavy atom. The number of aromatic nitrogens is 3. The summed E-state index contributed by atoms with van der Waals surface area (Å²) in [4.78, 5) is 31.1. The maximum absolute atomic E-state index is 13.8. The molecule has 34 heavy (non-hydrogen) atoms. The average Bonchev–Trinajstić information content (AvgIpc) is 3.21. The number of amides is 1. The molecule has 3 heterocycles. The Labute approximate surface area is 197 Å². The summed E-state index contributed by atoms with van der Waals surface area (Å²) in [6.07, 6.45) is 2.31. The van der Waals surface area contributed by atoms with Crippen LogP contribution in [0.15, 0.2) is 59.5 Å². The predicted molar refractivity (Wildman–Crippen MR) is 134 cm³/mol. The van der Waals surface area contributed by atoms with Crippen LogP contribution in [0, 0.1) is 0 Å². The van der Waals surface area contributed by atoms with Gasteiger partial charge in [0, 0.05) is 55.8 Å². The van der Waals surface area contributed by atoms with Gasteiger partial charge in [-0.05, 0) is 24.6 Å². The molecule has 8 nitrogen and oxygen atoms in total. The Hall–Kier alpha value is -3.81. The summed E-state index contributed by atoms with van der Waals surface area (Å²) in [5, 5.41) is 5.95. The first-order valence-electron chi connectivity index (χ1n) is 11.7. The van der Waals surface area contributed by atoms with Crippen molar-refractivity contribution >= 4 is 33.4 Å². The number of nitrogens with zero attached hydrogens (tertiary/aromatic N) is 5. The van der Waals surface area contributed by atoms with Crippen molar-refractivity contribution in [2.75, 3.05) is 38.2 Å². The molecule has 1 fully saturated rings. The Morgan fingerprint density at radius 1 is 1.06 bits per heavy atom. The first-order valence-corrected chi connectivity index (χ1v) is 11.7. The van der Waals surface area contributed by atoms with Gasteiger partial charge >= 0.3 is 0 Å². The minimum Gasteiger partial charge on any atom is -0.497 e. The van der Waals surface area contributed by atoms with Gasteiger partial charge in [-0.3, -0.25) is 9.59 Å². The number of piperazine rings is 1. The van der Waals surface area contributed by atoms with Crippen molar-refractivity contribution in [3.63, 3.8) is 0 Å². The van der Waals surface area contributed by atoms with Crippen LogP contribution in [0.1, 0.15) is 19.4 Å². The third-order valence-electron chi connectivity index (χ3n) is 6.80. The fraction of sp³-hybridized carbons (Fsp3) is 0.346. The lowest BCUT2D eigenvalue weighted by molar-refractivity contribution is -0.135. The Bertz CT molecular complexity index is 1420. The van der Waals surface area contributed by atoms with Crippen LogP contribution in [0.4, 0.5) is 5.69 Å². The van der Waals surface area contributed by atoms with Crippen LogP contribution in [0.3, 0.4) is 0 Å². The third-order valence-corrected chi connectivity index (χ3v) is 6.80. The molecule has 1 atom stereocenters. The second-order valence-electron chi connectivity index (χ2n) is 8.66. The van der Waals surface area contributed by atoms with Crippen LogP contribution >= 0.6 is 0 Å². The lowest BCUT2D eigenvalue weighted by Gasteiger charge is -2.38. The van der Waals surface area contributed by atoms with E-state index in [1.165, 1.54) is 4.68 Å². The van der Waals surface area contributed by atoms with Crippen molar-refractivity contribution in [3.05, 3.63) is 65.1 Å². The normalized spacial score (nSPS) is 15.1. The Morgan fingerprint density at radius 3 is 2.56 bits per heavy atom. The number of methoxy groups -OCH3 is 1. The van der Waals surface area contributed by atoms with E-state index in [1.54, 1.807) is 20.4 Å². The number of ether oxygens (including phenoxy) is 1. The number of aryl methyl sites for hydroxylation is 1. The summed E-state index contributed by atoms with van der Waals surface area (Å²) >= 11 is 0. The molecule has 0 saturated carbocycles. The summed E-state index contributed by atoms with van der Waals surface area (Å²) < 4.78 is 8.63. The highest BCUT2D eigenvalue weighted by Gasteiger charge is 2.30. The minimum absolute atomic E-state index is 0.0503. The Balaban J connectivity index is 1.46. The number of anilines is 1. The molecule has 0 bridgehead atoms. The van der Waals surface area contributed by atoms with Gasteiger partial charge in [-0.25, -0.2) is 4.68 Å². The van der Waals surface area contributed by atoms with E-state index in [-0.39, 0.29) is 11.5 Å². The number of carbonyl (C=O) groups excluding carboxylic acids is 1. The van der Waals surface area contributed by atoms with Crippen molar-refractivity contribution < 1.29 is 9.53 Å². The van der Waals surface area contributed by atoms with Crippen LogP contribution in [0.5, 0.6) is 5.75 Å². The van der Waals surface area contributed by atoms with Gasteiger partial charge in [0.15, 0.2) is 0 Å². The molecule has 0 spiro atoms. The van der Waals surface area contributed by atoms with Gasteiger partial charge in [0.1, 0.15) is 17.3 Å². The molecule has 8 heteroatoms. The van der Waals surface area contributed by atoms with Crippen LogP contribution in [0.25, 0.3) is 21.8 Å². The van der Waals surface area contributed by atoms with E-state index in [2.05, 4.69) is 16.1 Å². The van der Waals surface area contributed by atoms with Gasteiger partial charge in [0.25, 0.3) is 5.56 Å². The molecular weight excluding hydrogens is 430 g/mol. The SMILES string of the molecule is CC[C@@H](C(=O)N1CCN(c2cccc(OC)c2)CC1)n1c2ccccc2c2cnn(C)c(=O)c21. The fourth-order valence-corrected chi connectivity index (χ4v) is 4.98. The molecule has 176 valence electrons. The van der Waals surface area contributed by atoms with E-state index in [1.807, 2.05) is 58.9 Å². The summed E-state index contributed by atoms with van der Waals surface area (Å²) in [7, 11) is 3.31. The lowest BCUT2D eigenvalue weighted by Crippen LogP contribution is -2.50. The van der Waals surface area contributed by atoms with E-state index in [9.17, 15) is 9.59 Å². The number of hydrogen-bond acceptors (Lipinski definition) is 5. The molecule has 0 unspecified atom stereocenters. The maximum atomic E-state index is 13.8. The third kappa shape index (κ3) is 3.59. The molecule has 0 N–H and O–H groups in total. The molecule has 2 aromatic carbocycles. The van der Waals surface area contributed by atoms with E-state index in [0.29, 0.717) is 25.0 Å². The predicted octanol–water partition coefficient (Wildman–Crippen LogP) is 3.20. The number of rotatable bonds is 5. The first-order chi connectivity index (χ1) is 16.5. The van der Waals surface area contributed by atoms with E-state index in [4.69, 9.17) is 4.74 Å². The van der Waals surface area contributed by atoms with Crippen molar-refractivity contribution in [3.8, 4) is 5.75 Å². The zero-order valence-corrected chi connectivity index (χ0v) is 19.8. The van der Waals surface area contributed by atoms with Gasteiger partial charge in [-0.2, -0.15) is 5.10 Å². The number of carbonyl (C=O) groups is 1. The van der Waals surface area contributed by atoms with Crippen LogP contribution in [-0.2, 0) is 11.8 Å². The lowest BCUT2D eigenvalue weighted by atomic mass is 10.1. The molecular formula is C26H29N5O3. The second-order valence-corrected chi connectivity index (χ2v) is 8.66. The number of para-hydroxylation sites is 1. The van der Waals surface area contributed by atoms with Gasteiger partial charge in [-0.15, -0.1) is 0 Å². The summed E-state index contributed by atoms with van der Waals surface area (Å²) in [6.45, 7) is 4.75. The van der Waals surface area contributed by atoms with Gasteiger partial charge in [0.2, 0.25) is 5.91 Å². The molecule has 1 amide bonds. The number of hydrogen-bond donors (Lipinski definition) is 0. The molecule has 5 rings (SSSR count). The molecule has 1 aliphatic heterocycles. The topological polar surface area (TPSA) is 72.6 Å². The zero-order valence-electron chi connectivity index (χ0n) is 19.8. The van der Waals surface area contributed by atoms with Crippen LogP contribution in [-0.4, -0.2) is 58.4 Å². The molecule has 1 aliphatic rings. The largest absolute Gasteiger partial charge is 0.497 e. The van der Waals surface area contributed by atoms with Crippen LogP contribution in [0.2, 0.25) is 0 Å². The highest BCUT2D eigenvalue weighted by atomic mass is 16.5. The maximum Gasteiger partial charge on any atom is 0.291 e. The number of benzene rings is 2. The highest BCUT2D eigenvalue weighted by Crippen LogP contribution is 2.32. The summed E-state index contributed by atoms with van der Waals surface area (Å²) in [5.74, 6) is 0.874. The fourth-order valence-electron chi connectivity index (χ4n) is 4.98. The molecule has 2 aromatic heterocycles. The quantitative estimate of drug-likeness (QED) is 0.458.